The number of nitrogens with one attached hydrogen (secondary N) is 2. The van der Waals surface area contributed by atoms with Crippen molar-refractivity contribution in [3.63, 3.8) is 0 Å². The Morgan fingerprint density at radius 1 is 1.56 bits per heavy atom. The average Bonchev–Trinajstić information content (AvgIpc) is 2.23. The first-order chi connectivity index (χ1) is 7.60. The molecule has 1 aliphatic carbocycles. The number of aliphatic hydroxyl groups excluding tert-OH is 1. The summed E-state index contributed by atoms with van der Waals surface area (Å²) in [6.45, 7) is 4.57. The second-order valence-corrected chi connectivity index (χ2v) is 5.54. The number of hydrogen-bond acceptors (Lipinski definition) is 3. The topological polar surface area (TPSA) is 61.4 Å². The molecule has 1 amide bonds. The summed E-state index contributed by atoms with van der Waals surface area (Å²) in [6, 6.07) is 0. The summed E-state index contributed by atoms with van der Waals surface area (Å²) in [5, 5.41) is 15.5. The Labute approximate surface area is 96.8 Å². The number of rotatable bonds is 3. The number of aliphatic hydroxyl groups is 1. The van der Waals surface area contributed by atoms with Crippen LogP contribution in [0.15, 0.2) is 0 Å². The second-order valence-electron chi connectivity index (χ2n) is 5.54. The number of carbonyl (C=O) groups excluding carboxylic acids is 1. The van der Waals surface area contributed by atoms with Crippen molar-refractivity contribution in [2.24, 2.45) is 11.3 Å². The van der Waals surface area contributed by atoms with Crippen molar-refractivity contribution >= 4 is 5.91 Å². The van der Waals surface area contributed by atoms with Gasteiger partial charge in [0.05, 0.1) is 11.5 Å². The molecule has 0 spiro atoms. The van der Waals surface area contributed by atoms with Crippen LogP contribution in [0.4, 0.5) is 0 Å². The Morgan fingerprint density at radius 3 is 2.88 bits per heavy atom. The van der Waals surface area contributed by atoms with E-state index in [-0.39, 0.29) is 17.4 Å². The predicted octanol–water partition coefficient (Wildman–Crippen LogP) is 0.263. The smallest absolute Gasteiger partial charge is 0.227 e. The summed E-state index contributed by atoms with van der Waals surface area (Å²) >= 11 is 0. The number of hydrogen-bond donors (Lipinski definition) is 3. The zero-order chi connectivity index (χ0) is 11.6. The van der Waals surface area contributed by atoms with Gasteiger partial charge in [-0.1, -0.05) is 0 Å². The van der Waals surface area contributed by atoms with Gasteiger partial charge in [0.25, 0.3) is 0 Å². The number of piperidine rings is 1. The van der Waals surface area contributed by atoms with Crippen LogP contribution in [-0.4, -0.2) is 36.8 Å². The van der Waals surface area contributed by atoms with Crippen LogP contribution in [0.2, 0.25) is 0 Å². The van der Waals surface area contributed by atoms with Gasteiger partial charge in [-0.15, -0.1) is 0 Å². The first-order valence-corrected chi connectivity index (χ1v) is 6.27. The van der Waals surface area contributed by atoms with Crippen LogP contribution in [0.5, 0.6) is 0 Å². The fourth-order valence-electron chi connectivity index (χ4n) is 2.57. The highest BCUT2D eigenvalue weighted by Crippen LogP contribution is 2.28. The van der Waals surface area contributed by atoms with E-state index in [9.17, 15) is 4.79 Å². The van der Waals surface area contributed by atoms with Crippen molar-refractivity contribution in [1.82, 2.24) is 10.6 Å². The zero-order valence-electron chi connectivity index (χ0n) is 9.96. The molecule has 1 heterocycles. The Balaban J connectivity index is 1.74. The molecule has 1 unspecified atom stereocenters. The van der Waals surface area contributed by atoms with Crippen LogP contribution in [0, 0.1) is 11.3 Å². The SMILES string of the molecule is CC1(C(=O)NCC2CC(O)C2)CCCNC1. The van der Waals surface area contributed by atoms with Gasteiger partial charge in [-0.2, -0.15) is 0 Å². The van der Waals surface area contributed by atoms with Crippen molar-refractivity contribution in [2.45, 2.75) is 38.7 Å². The van der Waals surface area contributed by atoms with Gasteiger partial charge in [-0.05, 0) is 45.1 Å². The van der Waals surface area contributed by atoms with Crippen LogP contribution in [0.25, 0.3) is 0 Å². The van der Waals surface area contributed by atoms with Gasteiger partial charge in [0.15, 0.2) is 0 Å². The lowest BCUT2D eigenvalue weighted by Crippen LogP contribution is -2.50. The quantitative estimate of drug-likeness (QED) is 0.647. The molecule has 4 nitrogen and oxygen atoms in total. The van der Waals surface area contributed by atoms with E-state index in [0.717, 1.165) is 45.3 Å². The van der Waals surface area contributed by atoms with Gasteiger partial charge in [0.1, 0.15) is 0 Å². The van der Waals surface area contributed by atoms with Gasteiger partial charge in [0, 0.05) is 13.1 Å². The standard InChI is InChI=1S/C12H22N2O2/c1-12(3-2-4-13-8-12)11(16)14-7-9-5-10(15)6-9/h9-10,13,15H,2-8H2,1H3,(H,14,16). The minimum atomic E-state index is -0.236. The third kappa shape index (κ3) is 2.55. The van der Waals surface area contributed by atoms with Crippen molar-refractivity contribution in [3.8, 4) is 0 Å². The van der Waals surface area contributed by atoms with E-state index in [2.05, 4.69) is 10.6 Å². The van der Waals surface area contributed by atoms with Crippen molar-refractivity contribution in [2.75, 3.05) is 19.6 Å². The summed E-state index contributed by atoms with van der Waals surface area (Å²) in [7, 11) is 0. The Kier molecular flexibility index (Phi) is 3.50. The third-order valence-corrected chi connectivity index (χ3v) is 3.91. The van der Waals surface area contributed by atoms with E-state index >= 15 is 0 Å². The van der Waals surface area contributed by atoms with E-state index in [4.69, 9.17) is 5.11 Å². The lowest BCUT2D eigenvalue weighted by atomic mass is 9.80. The zero-order valence-corrected chi connectivity index (χ0v) is 9.96. The molecule has 2 fully saturated rings. The van der Waals surface area contributed by atoms with Crippen LogP contribution in [0.3, 0.4) is 0 Å². The van der Waals surface area contributed by atoms with Crippen molar-refractivity contribution in [3.05, 3.63) is 0 Å². The van der Waals surface area contributed by atoms with Gasteiger partial charge in [-0.3, -0.25) is 4.79 Å². The molecule has 1 atom stereocenters. The van der Waals surface area contributed by atoms with Gasteiger partial charge >= 0.3 is 0 Å². The summed E-state index contributed by atoms with van der Waals surface area (Å²) in [4.78, 5) is 12.0. The normalized spacial score (nSPS) is 38.9. The maximum atomic E-state index is 12.0. The summed E-state index contributed by atoms with van der Waals surface area (Å²) < 4.78 is 0. The van der Waals surface area contributed by atoms with E-state index in [0.29, 0.717) is 5.92 Å². The molecule has 0 bridgehead atoms. The van der Waals surface area contributed by atoms with Crippen LogP contribution < -0.4 is 10.6 Å². The molecule has 0 aromatic carbocycles. The highest BCUT2D eigenvalue weighted by molar-refractivity contribution is 5.82. The molecule has 16 heavy (non-hydrogen) atoms. The minimum Gasteiger partial charge on any atom is -0.393 e. The summed E-state index contributed by atoms with van der Waals surface area (Å²) in [6.07, 6.45) is 3.60. The van der Waals surface area contributed by atoms with Crippen molar-refractivity contribution < 1.29 is 9.90 Å². The van der Waals surface area contributed by atoms with Gasteiger partial charge in [0.2, 0.25) is 5.91 Å². The predicted molar refractivity (Wildman–Crippen MR) is 62.0 cm³/mol. The molecule has 0 aromatic heterocycles. The lowest BCUT2D eigenvalue weighted by molar-refractivity contribution is -0.131. The maximum Gasteiger partial charge on any atom is 0.227 e. The molecule has 1 saturated heterocycles. The monoisotopic (exact) mass is 226 g/mol. The summed E-state index contributed by atoms with van der Waals surface area (Å²) in [5.41, 5.74) is -0.236. The van der Waals surface area contributed by atoms with Crippen LogP contribution in [0.1, 0.15) is 32.6 Å². The molecule has 0 aromatic rings. The first-order valence-electron chi connectivity index (χ1n) is 6.27. The van der Waals surface area contributed by atoms with E-state index < -0.39 is 0 Å². The maximum absolute atomic E-state index is 12.0. The largest absolute Gasteiger partial charge is 0.393 e. The Bertz CT molecular complexity index is 256. The highest BCUT2D eigenvalue weighted by Gasteiger charge is 2.35. The van der Waals surface area contributed by atoms with E-state index in [1.807, 2.05) is 6.92 Å². The van der Waals surface area contributed by atoms with Crippen molar-refractivity contribution in [1.29, 1.82) is 0 Å². The summed E-state index contributed by atoms with van der Waals surface area (Å²) in [5.74, 6) is 0.653. The average molecular weight is 226 g/mol. The molecule has 1 saturated carbocycles. The molecule has 92 valence electrons. The van der Waals surface area contributed by atoms with E-state index in [1.165, 1.54) is 0 Å². The van der Waals surface area contributed by atoms with E-state index in [1.54, 1.807) is 0 Å². The number of carbonyl (C=O) groups is 1. The fraction of sp³-hybridized carbons (Fsp3) is 0.917. The Hall–Kier alpha value is -0.610. The third-order valence-electron chi connectivity index (χ3n) is 3.91. The molecule has 2 aliphatic rings. The number of amides is 1. The minimum absolute atomic E-state index is 0.131. The van der Waals surface area contributed by atoms with Crippen LogP contribution in [-0.2, 0) is 4.79 Å². The molecule has 4 heteroatoms. The lowest BCUT2D eigenvalue weighted by Gasteiger charge is -2.35. The molecule has 1 aliphatic heterocycles. The van der Waals surface area contributed by atoms with Crippen LogP contribution >= 0.6 is 0 Å². The van der Waals surface area contributed by atoms with Gasteiger partial charge < -0.3 is 15.7 Å². The second kappa shape index (κ2) is 4.72. The van der Waals surface area contributed by atoms with Gasteiger partial charge in [-0.25, -0.2) is 0 Å². The highest BCUT2D eigenvalue weighted by atomic mass is 16.3. The molecular weight excluding hydrogens is 204 g/mol. The molecule has 0 radical (unpaired) electrons. The fourth-order valence-corrected chi connectivity index (χ4v) is 2.57. The first kappa shape index (κ1) is 11.9. The molecule has 3 N–H and O–H groups in total. The molecular formula is C12H22N2O2. The molecule has 2 rings (SSSR count). The Morgan fingerprint density at radius 2 is 2.31 bits per heavy atom.